The third-order valence-electron chi connectivity index (χ3n) is 6.20. The van der Waals surface area contributed by atoms with Crippen LogP contribution >= 0.6 is 11.6 Å². The molecule has 0 fully saturated rings. The molecule has 5 rings (SSSR count). The van der Waals surface area contributed by atoms with E-state index < -0.39 is 5.97 Å². The number of hydrogen-bond acceptors (Lipinski definition) is 6. The molecule has 1 aliphatic rings. The molecule has 0 unspecified atom stereocenters. The van der Waals surface area contributed by atoms with Crippen molar-refractivity contribution in [2.24, 2.45) is 0 Å². The van der Waals surface area contributed by atoms with Crippen molar-refractivity contribution in [3.05, 3.63) is 71.1 Å². The SMILES string of the molecule is CCc1c(Cl)cc(-c2cccc3cc(-c4ccc(C(=O)[O-])nc4)ncc23)c2c1NC(=O)C[C@@H](C)N2.[Li+]. The molecule has 0 radical (unpaired) electrons. The second kappa shape index (κ2) is 10.3. The van der Waals surface area contributed by atoms with Crippen LogP contribution in [0.5, 0.6) is 0 Å². The Hall–Kier alpha value is -3.37. The van der Waals surface area contributed by atoms with E-state index in [0.29, 0.717) is 29.1 Å². The quantitative estimate of drug-likeness (QED) is 0.420. The van der Waals surface area contributed by atoms with Gasteiger partial charge in [-0.05, 0) is 54.1 Å². The molecule has 0 saturated carbocycles. The summed E-state index contributed by atoms with van der Waals surface area (Å²) >= 11 is 6.70. The number of aromatic carboxylic acids is 1. The van der Waals surface area contributed by atoms with Crippen LogP contribution in [0.3, 0.4) is 0 Å². The predicted octanol–water partition coefficient (Wildman–Crippen LogP) is 1.69. The first-order valence-electron chi connectivity index (χ1n) is 11.3. The summed E-state index contributed by atoms with van der Waals surface area (Å²) in [6, 6.07) is 12.9. The molecule has 36 heavy (non-hydrogen) atoms. The summed E-state index contributed by atoms with van der Waals surface area (Å²) in [6.07, 6.45) is 4.31. The van der Waals surface area contributed by atoms with Gasteiger partial charge >= 0.3 is 18.9 Å². The topological polar surface area (TPSA) is 107 Å². The maximum Gasteiger partial charge on any atom is 1.00 e. The molecule has 176 valence electrons. The van der Waals surface area contributed by atoms with E-state index in [0.717, 1.165) is 38.8 Å². The fraction of sp³-hybridized carbons (Fsp3) is 0.185. The zero-order valence-corrected chi connectivity index (χ0v) is 20.9. The van der Waals surface area contributed by atoms with Crippen LogP contribution in [0.1, 0.15) is 36.3 Å². The fourth-order valence-electron chi connectivity index (χ4n) is 4.53. The fourth-order valence-corrected chi connectivity index (χ4v) is 4.87. The number of halogens is 1. The van der Waals surface area contributed by atoms with Gasteiger partial charge in [-0.25, -0.2) is 0 Å². The van der Waals surface area contributed by atoms with Crippen molar-refractivity contribution in [2.75, 3.05) is 10.6 Å². The van der Waals surface area contributed by atoms with Gasteiger partial charge in [0.1, 0.15) is 0 Å². The Morgan fingerprint density at radius 3 is 2.61 bits per heavy atom. The van der Waals surface area contributed by atoms with Gasteiger partial charge < -0.3 is 20.5 Å². The third kappa shape index (κ3) is 4.70. The summed E-state index contributed by atoms with van der Waals surface area (Å²) in [5, 5.41) is 20.0. The number of hydrogen-bond donors (Lipinski definition) is 2. The Morgan fingerprint density at radius 1 is 1.11 bits per heavy atom. The Bertz CT molecular complexity index is 1490. The van der Waals surface area contributed by atoms with E-state index in [9.17, 15) is 14.7 Å². The normalized spacial score (nSPS) is 14.8. The molecule has 4 aromatic rings. The number of nitrogens with one attached hydrogen (secondary N) is 2. The minimum Gasteiger partial charge on any atom is -0.543 e. The number of pyridine rings is 2. The summed E-state index contributed by atoms with van der Waals surface area (Å²) in [5.41, 5.74) is 5.54. The Kier molecular flexibility index (Phi) is 7.37. The van der Waals surface area contributed by atoms with Crippen molar-refractivity contribution in [1.82, 2.24) is 9.97 Å². The first kappa shape index (κ1) is 25.7. The van der Waals surface area contributed by atoms with E-state index in [4.69, 9.17) is 11.6 Å². The van der Waals surface area contributed by atoms with Crippen LogP contribution in [-0.2, 0) is 11.2 Å². The largest absolute Gasteiger partial charge is 1.00 e. The number of amides is 1. The molecule has 1 amide bonds. The van der Waals surface area contributed by atoms with Crippen molar-refractivity contribution in [3.63, 3.8) is 0 Å². The Labute approximate surface area is 225 Å². The number of carbonyl (C=O) groups is 2. The first-order valence-corrected chi connectivity index (χ1v) is 11.7. The van der Waals surface area contributed by atoms with Crippen LogP contribution < -0.4 is 34.6 Å². The third-order valence-corrected chi connectivity index (χ3v) is 6.54. The number of carbonyl (C=O) groups excluding carboxylic acids is 2. The van der Waals surface area contributed by atoms with Gasteiger partial charge in [-0.1, -0.05) is 36.7 Å². The van der Waals surface area contributed by atoms with Crippen LogP contribution in [0, 0.1) is 0 Å². The standard InChI is InChI=1S/C27H23ClN4O3.Li/c1-3-17-21(28)11-19(26-25(17)32-24(33)9-14(2)31-26)18-6-4-5-15-10-23(30-13-20(15)18)16-7-8-22(27(34)35)29-12-16;/h4-8,10-14,31H,3,9H2,1-2H3,(H,32,33)(H,34,35);/q;+1/p-1/t14-;/m1./s1. The average Bonchev–Trinajstić information content (AvgIpc) is 2.99. The van der Waals surface area contributed by atoms with Crippen LogP contribution in [0.2, 0.25) is 5.02 Å². The van der Waals surface area contributed by atoms with Crippen LogP contribution in [0.25, 0.3) is 33.2 Å². The number of rotatable bonds is 4. The van der Waals surface area contributed by atoms with E-state index in [1.54, 1.807) is 12.3 Å². The smallest absolute Gasteiger partial charge is 0.543 e. The second-order valence-electron chi connectivity index (χ2n) is 8.60. The molecular formula is C27H22ClLiN4O3. The molecule has 0 spiro atoms. The number of carboxylic acids is 1. The first-order chi connectivity index (χ1) is 16.9. The predicted molar refractivity (Wildman–Crippen MR) is 135 cm³/mol. The summed E-state index contributed by atoms with van der Waals surface area (Å²) in [4.78, 5) is 32.0. The molecular weight excluding hydrogens is 471 g/mol. The van der Waals surface area contributed by atoms with E-state index in [1.807, 2.05) is 44.2 Å². The van der Waals surface area contributed by atoms with Crippen molar-refractivity contribution >= 4 is 45.6 Å². The molecule has 2 aromatic carbocycles. The maximum absolute atomic E-state index is 12.5. The average molecular weight is 493 g/mol. The van der Waals surface area contributed by atoms with E-state index in [-0.39, 0.29) is 36.5 Å². The van der Waals surface area contributed by atoms with Crippen molar-refractivity contribution in [2.45, 2.75) is 32.7 Å². The van der Waals surface area contributed by atoms with E-state index in [2.05, 4.69) is 20.6 Å². The number of benzene rings is 2. The zero-order chi connectivity index (χ0) is 24.7. The van der Waals surface area contributed by atoms with Gasteiger partial charge in [0.05, 0.1) is 28.7 Å². The summed E-state index contributed by atoms with van der Waals surface area (Å²) in [7, 11) is 0. The second-order valence-corrected chi connectivity index (χ2v) is 9.01. The van der Waals surface area contributed by atoms with Crippen molar-refractivity contribution < 1.29 is 33.6 Å². The molecule has 1 atom stereocenters. The number of aromatic nitrogens is 2. The summed E-state index contributed by atoms with van der Waals surface area (Å²) in [5.74, 6) is -1.37. The molecule has 3 heterocycles. The van der Waals surface area contributed by atoms with Crippen molar-refractivity contribution in [3.8, 4) is 22.4 Å². The van der Waals surface area contributed by atoms with Crippen LogP contribution in [0.4, 0.5) is 11.4 Å². The number of anilines is 2. The van der Waals surface area contributed by atoms with E-state index in [1.165, 1.54) is 12.3 Å². The number of nitrogens with zero attached hydrogens (tertiary/aromatic N) is 2. The summed E-state index contributed by atoms with van der Waals surface area (Å²) < 4.78 is 0. The van der Waals surface area contributed by atoms with Crippen LogP contribution in [0.15, 0.2) is 54.9 Å². The van der Waals surface area contributed by atoms with Gasteiger partial charge in [0.2, 0.25) is 5.91 Å². The molecule has 2 aromatic heterocycles. The van der Waals surface area contributed by atoms with Gasteiger partial charge in [-0.3, -0.25) is 14.8 Å². The maximum atomic E-state index is 12.5. The Balaban J connectivity index is 0.00000304. The number of carboxylic acid groups (broad SMARTS) is 1. The molecule has 0 aliphatic carbocycles. The van der Waals surface area contributed by atoms with Crippen molar-refractivity contribution in [1.29, 1.82) is 0 Å². The van der Waals surface area contributed by atoms with E-state index >= 15 is 0 Å². The monoisotopic (exact) mass is 492 g/mol. The molecule has 2 N–H and O–H groups in total. The minimum atomic E-state index is -1.32. The molecule has 0 bridgehead atoms. The molecule has 9 heteroatoms. The minimum absolute atomic E-state index is 0. The van der Waals surface area contributed by atoms with Gasteiger partial charge in [-0.15, -0.1) is 0 Å². The molecule has 1 aliphatic heterocycles. The number of fused-ring (bicyclic) bond motifs is 2. The van der Waals surface area contributed by atoms with Gasteiger partial charge in [0.25, 0.3) is 0 Å². The van der Waals surface area contributed by atoms with Gasteiger partial charge in [0, 0.05) is 46.4 Å². The molecule has 7 nitrogen and oxygen atoms in total. The molecule has 0 saturated heterocycles. The van der Waals surface area contributed by atoms with Gasteiger partial charge in [0.15, 0.2) is 0 Å². The Morgan fingerprint density at radius 2 is 1.92 bits per heavy atom. The summed E-state index contributed by atoms with van der Waals surface area (Å²) in [6.45, 7) is 3.99. The van der Waals surface area contributed by atoms with Crippen LogP contribution in [-0.4, -0.2) is 27.9 Å². The van der Waals surface area contributed by atoms with Gasteiger partial charge in [-0.2, -0.15) is 0 Å². The zero-order valence-electron chi connectivity index (χ0n) is 20.2.